The first-order valence-corrected chi connectivity index (χ1v) is 9.79. The number of ether oxygens (including phenoxy) is 1. The second-order valence-corrected chi connectivity index (χ2v) is 8.67. The Labute approximate surface area is 149 Å². The molecular weight excluding hydrogens is 294 g/mol. The predicted molar refractivity (Wildman–Crippen MR) is 104 cm³/mol. The molecule has 136 valence electrons. The van der Waals surface area contributed by atoms with Crippen LogP contribution in [0.2, 0.25) is 0 Å². The zero-order valence-corrected chi connectivity index (χ0v) is 16.6. The van der Waals surface area contributed by atoms with Crippen molar-refractivity contribution < 1.29 is 4.74 Å². The quantitative estimate of drug-likeness (QED) is 0.723. The summed E-state index contributed by atoms with van der Waals surface area (Å²) in [6.45, 7) is 17.1. The number of nitrogens with zero attached hydrogens (tertiary/aromatic N) is 1. The molecule has 1 aromatic rings. The maximum atomic E-state index is 6.12. The molecule has 1 aliphatic heterocycles. The molecule has 0 aliphatic carbocycles. The van der Waals surface area contributed by atoms with Crippen LogP contribution in [0.5, 0.6) is 0 Å². The maximum absolute atomic E-state index is 6.12. The van der Waals surface area contributed by atoms with E-state index in [1.807, 2.05) is 0 Å². The third kappa shape index (κ3) is 5.60. The zero-order chi connectivity index (χ0) is 17.7. The zero-order valence-electron chi connectivity index (χ0n) is 16.6. The number of morpholine rings is 1. The van der Waals surface area contributed by atoms with Gasteiger partial charge in [-0.2, -0.15) is 0 Å². The van der Waals surface area contributed by atoms with Crippen molar-refractivity contribution in [1.29, 1.82) is 0 Å². The second-order valence-electron chi connectivity index (χ2n) is 8.67. The van der Waals surface area contributed by atoms with Gasteiger partial charge in [-0.1, -0.05) is 65.8 Å². The Morgan fingerprint density at radius 2 is 1.58 bits per heavy atom. The lowest BCUT2D eigenvalue weighted by Crippen LogP contribution is -2.48. The summed E-state index contributed by atoms with van der Waals surface area (Å²) in [7, 11) is 0. The molecule has 0 aromatic heterocycles. The van der Waals surface area contributed by atoms with Crippen molar-refractivity contribution in [3.05, 3.63) is 35.4 Å². The van der Waals surface area contributed by atoms with Gasteiger partial charge in [0.1, 0.15) is 0 Å². The van der Waals surface area contributed by atoms with Crippen molar-refractivity contribution in [3.8, 4) is 0 Å². The van der Waals surface area contributed by atoms with Crippen LogP contribution < -0.4 is 0 Å². The van der Waals surface area contributed by atoms with Crippen molar-refractivity contribution in [2.75, 3.05) is 19.6 Å². The Morgan fingerprint density at radius 3 is 2.04 bits per heavy atom. The standard InChI is InChI=1S/C22H37NO/c1-7-20-15-23(16-21(8-2)24-20)14-17(3)13-18-9-11-19(12-10-18)22(4,5)6/h9-12,17,20-21H,7-8,13-16H2,1-6H3/t17?,20-,21+. The van der Waals surface area contributed by atoms with Crippen LogP contribution in [0.1, 0.15) is 65.5 Å². The summed E-state index contributed by atoms with van der Waals surface area (Å²) in [5, 5.41) is 0. The summed E-state index contributed by atoms with van der Waals surface area (Å²) in [6.07, 6.45) is 4.24. The molecule has 0 N–H and O–H groups in total. The highest BCUT2D eigenvalue weighted by Gasteiger charge is 2.26. The molecule has 1 saturated heterocycles. The largest absolute Gasteiger partial charge is 0.372 e. The summed E-state index contributed by atoms with van der Waals surface area (Å²) in [5.74, 6) is 0.679. The number of rotatable bonds is 6. The molecule has 0 amide bonds. The fourth-order valence-corrected chi connectivity index (χ4v) is 3.66. The van der Waals surface area contributed by atoms with E-state index in [0.717, 1.165) is 32.4 Å². The molecule has 0 spiro atoms. The van der Waals surface area contributed by atoms with Gasteiger partial charge in [0.15, 0.2) is 0 Å². The van der Waals surface area contributed by atoms with E-state index in [-0.39, 0.29) is 5.41 Å². The molecular formula is C22H37NO. The van der Waals surface area contributed by atoms with E-state index in [1.165, 1.54) is 17.7 Å². The molecule has 24 heavy (non-hydrogen) atoms. The van der Waals surface area contributed by atoms with E-state index >= 15 is 0 Å². The average molecular weight is 332 g/mol. The van der Waals surface area contributed by atoms with Gasteiger partial charge in [0, 0.05) is 19.6 Å². The van der Waals surface area contributed by atoms with E-state index in [9.17, 15) is 0 Å². The van der Waals surface area contributed by atoms with Crippen LogP contribution in [0.25, 0.3) is 0 Å². The van der Waals surface area contributed by atoms with E-state index in [2.05, 4.69) is 70.7 Å². The van der Waals surface area contributed by atoms with Crippen molar-refractivity contribution in [1.82, 2.24) is 4.90 Å². The molecule has 0 bridgehead atoms. The van der Waals surface area contributed by atoms with Crippen molar-refractivity contribution in [3.63, 3.8) is 0 Å². The molecule has 2 nitrogen and oxygen atoms in total. The summed E-state index contributed by atoms with van der Waals surface area (Å²) < 4.78 is 6.12. The van der Waals surface area contributed by atoms with Crippen molar-refractivity contribution >= 4 is 0 Å². The summed E-state index contributed by atoms with van der Waals surface area (Å²) in [4.78, 5) is 2.63. The van der Waals surface area contributed by atoms with Gasteiger partial charge < -0.3 is 4.74 Å². The molecule has 0 radical (unpaired) electrons. The first-order valence-electron chi connectivity index (χ1n) is 9.79. The van der Waals surface area contributed by atoms with E-state index in [0.29, 0.717) is 18.1 Å². The fourth-order valence-electron chi connectivity index (χ4n) is 3.66. The molecule has 1 fully saturated rings. The Balaban J connectivity index is 1.89. The molecule has 1 unspecified atom stereocenters. The summed E-state index contributed by atoms with van der Waals surface area (Å²) >= 11 is 0. The van der Waals surface area contributed by atoms with E-state index in [4.69, 9.17) is 4.74 Å². The molecule has 1 heterocycles. The van der Waals surface area contributed by atoms with Crippen LogP contribution in [0, 0.1) is 5.92 Å². The Hall–Kier alpha value is -0.860. The second kappa shape index (κ2) is 8.49. The lowest BCUT2D eigenvalue weighted by Gasteiger charge is -2.38. The Bertz CT molecular complexity index is 476. The number of benzene rings is 1. The SMILES string of the molecule is CC[C@@H]1CN(CC(C)Cc2ccc(C(C)(C)C)cc2)C[C@H](CC)O1. The van der Waals surface area contributed by atoms with Crippen molar-refractivity contribution in [2.24, 2.45) is 5.92 Å². The third-order valence-electron chi connectivity index (χ3n) is 5.19. The molecule has 1 aromatic carbocycles. The van der Waals surface area contributed by atoms with Crippen LogP contribution in [0.15, 0.2) is 24.3 Å². The highest BCUT2D eigenvalue weighted by Crippen LogP contribution is 2.23. The van der Waals surface area contributed by atoms with Gasteiger partial charge in [-0.3, -0.25) is 4.90 Å². The van der Waals surface area contributed by atoms with Crippen LogP contribution in [0.3, 0.4) is 0 Å². The topological polar surface area (TPSA) is 12.5 Å². The van der Waals surface area contributed by atoms with Crippen LogP contribution in [-0.2, 0) is 16.6 Å². The van der Waals surface area contributed by atoms with Crippen LogP contribution >= 0.6 is 0 Å². The van der Waals surface area contributed by atoms with Gasteiger partial charge >= 0.3 is 0 Å². The van der Waals surface area contributed by atoms with Crippen LogP contribution in [0.4, 0.5) is 0 Å². The monoisotopic (exact) mass is 331 g/mol. The molecule has 3 atom stereocenters. The van der Waals surface area contributed by atoms with Gasteiger partial charge in [0.25, 0.3) is 0 Å². The average Bonchev–Trinajstić information content (AvgIpc) is 2.53. The smallest absolute Gasteiger partial charge is 0.0703 e. The van der Waals surface area contributed by atoms with Gasteiger partial charge in [-0.15, -0.1) is 0 Å². The lowest BCUT2D eigenvalue weighted by atomic mass is 9.86. The minimum atomic E-state index is 0.238. The first kappa shape index (κ1) is 19.5. The normalized spacial score (nSPS) is 24.1. The van der Waals surface area contributed by atoms with Gasteiger partial charge in [0.2, 0.25) is 0 Å². The molecule has 2 heteroatoms. The van der Waals surface area contributed by atoms with Crippen LogP contribution in [-0.4, -0.2) is 36.7 Å². The minimum absolute atomic E-state index is 0.238. The minimum Gasteiger partial charge on any atom is -0.372 e. The Kier molecular flexibility index (Phi) is 6.88. The van der Waals surface area contributed by atoms with Gasteiger partial charge in [-0.05, 0) is 41.7 Å². The summed E-state index contributed by atoms with van der Waals surface area (Å²) in [5.41, 5.74) is 3.12. The Morgan fingerprint density at radius 1 is 1.04 bits per heavy atom. The predicted octanol–water partition coefficient (Wildman–Crippen LogP) is 5.05. The first-order chi connectivity index (χ1) is 11.3. The third-order valence-corrected chi connectivity index (χ3v) is 5.19. The lowest BCUT2D eigenvalue weighted by molar-refractivity contribution is -0.0895. The summed E-state index contributed by atoms with van der Waals surface area (Å²) in [6, 6.07) is 9.24. The van der Waals surface area contributed by atoms with Gasteiger partial charge in [0.05, 0.1) is 12.2 Å². The van der Waals surface area contributed by atoms with Crippen molar-refractivity contribution in [2.45, 2.75) is 78.4 Å². The number of hydrogen-bond acceptors (Lipinski definition) is 2. The maximum Gasteiger partial charge on any atom is 0.0703 e. The van der Waals surface area contributed by atoms with E-state index < -0.39 is 0 Å². The molecule has 1 aliphatic rings. The van der Waals surface area contributed by atoms with Gasteiger partial charge in [-0.25, -0.2) is 0 Å². The fraction of sp³-hybridized carbons (Fsp3) is 0.727. The molecule has 2 rings (SSSR count). The number of hydrogen-bond donors (Lipinski definition) is 0. The molecule has 0 saturated carbocycles. The highest BCUT2D eigenvalue weighted by atomic mass is 16.5. The van der Waals surface area contributed by atoms with E-state index in [1.54, 1.807) is 0 Å². The highest BCUT2D eigenvalue weighted by molar-refractivity contribution is 5.27.